The third-order valence-corrected chi connectivity index (χ3v) is 0.534. The molecule has 0 radical (unpaired) electrons. The van der Waals surface area contributed by atoms with E-state index in [-0.39, 0.29) is 5.97 Å². The number of carbonyl (C=O) groups is 1. The van der Waals surface area contributed by atoms with E-state index in [9.17, 15) is 4.79 Å². The van der Waals surface area contributed by atoms with Gasteiger partial charge in [-0.15, -0.1) is 0 Å². The van der Waals surface area contributed by atoms with Crippen molar-refractivity contribution in [2.45, 2.75) is 6.92 Å². The molecule has 0 aliphatic carbocycles. The van der Waals surface area contributed by atoms with E-state index in [1.54, 1.807) is 6.92 Å². The lowest BCUT2D eigenvalue weighted by Crippen LogP contribution is -1.98. The molecule has 0 aliphatic heterocycles. The Kier molecular flexibility index (Phi) is 8.71. The summed E-state index contributed by atoms with van der Waals surface area (Å²) in [6, 6.07) is 0. The van der Waals surface area contributed by atoms with Gasteiger partial charge in [0.1, 0.15) is 0 Å². The molecule has 0 aliphatic rings. The van der Waals surface area contributed by atoms with Crippen molar-refractivity contribution in [1.82, 2.24) is 0 Å². The van der Waals surface area contributed by atoms with Crippen molar-refractivity contribution in [3.8, 4) is 0 Å². The fourth-order valence-electron chi connectivity index (χ4n) is 0.174. The highest BCUT2D eigenvalue weighted by molar-refractivity contribution is 5.86. The minimum atomic E-state index is -0.347. The molecule has 54 valence electrons. The first kappa shape index (κ1) is 11.0. The van der Waals surface area contributed by atoms with Gasteiger partial charge in [-0.05, 0) is 6.92 Å². The minimum absolute atomic E-state index is 0.347. The van der Waals surface area contributed by atoms with Gasteiger partial charge in [-0.2, -0.15) is 0 Å². The summed E-state index contributed by atoms with van der Waals surface area (Å²) in [6.07, 6.45) is 0. The molecular weight excluding hydrogens is 124 g/mol. The monoisotopic (exact) mass is 134 g/mol. The van der Waals surface area contributed by atoms with Crippen LogP contribution >= 0.6 is 0 Å². The van der Waals surface area contributed by atoms with Crippen molar-refractivity contribution in [2.75, 3.05) is 7.11 Å². The Morgan fingerprint density at radius 3 is 1.89 bits per heavy atom. The van der Waals surface area contributed by atoms with E-state index >= 15 is 0 Å². The molecule has 0 aromatic rings. The van der Waals surface area contributed by atoms with Crippen LogP contribution in [0.15, 0.2) is 12.2 Å². The molecule has 0 fully saturated rings. The number of methoxy groups -OCH3 is 1. The van der Waals surface area contributed by atoms with Crippen LogP contribution < -0.4 is 0 Å². The number of ether oxygens (including phenoxy) is 1. The molecule has 0 heterocycles. The maximum atomic E-state index is 10.2. The molecule has 0 rings (SSSR count). The molecule has 0 saturated carbocycles. The van der Waals surface area contributed by atoms with E-state index in [0.29, 0.717) is 5.57 Å². The average molecular weight is 134 g/mol. The first-order chi connectivity index (χ1) is 4.18. The smallest absolute Gasteiger partial charge is 0.332 e. The molecule has 4 heteroatoms. The summed E-state index contributed by atoms with van der Waals surface area (Å²) in [6.45, 7) is 4.95. The maximum Gasteiger partial charge on any atom is 0.332 e. The van der Waals surface area contributed by atoms with Crippen LogP contribution in [0.25, 0.3) is 0 Å². The molecule has 0 aromatic carbocycles. The van der Waals surface area contributed by atoms with Crippen molar-refractivity contribution in [1.29, 1.82) is 0 Å². The highest BCUT2D eigenvalue weighted by atomic mass is 17.0. The third-order valence-electron chi connectivity index (χ3n) is 0.534. The highest BCUT2D eigenvalue weighted by Crippen LogP contribution is 1.87. The van der Waals surface area contributed by atoms with Gasteiger partial charge in [0.2, 0.25) is 0 Å². The Balaban J connectivity index is 0. The van der Waals surface area contributed by atoms with Crippen LogP contribution in [-0.2, 0) is 9.53 Å². The van der Waals surface area contributed by atoms with Gasteiger partial charge in [0.25, 0.3) is 0 Å². The fraction of sp³-hybridized carbons (Fsp3) is 0.400. The molecule has 0 bridgehead atoms. The SMILES string of the molecule is C=C(C)C(=O)OC.OO. The van der Waals surface area contributed by atoms with Gasteiger partial charge in [-0.25, -0.2) is 4.79 Å². The summed E-state index contributed by atoms with van der Waals surface area (Å²) in [5.74, 6) is -0.347. The first-order valence-electron chi connectivity index (χ1n) is 2.12. The maximum absolute atomic E-state index is 10.2. The molecule has 0 aromatic heterocycles. The number of hydrogen-bond donors (Lipinski definition) is 2. The van der Waals surface area contributed by atoms with Crippen molar-refractivity contribution in [2.24, 2.45) is 0 Å². The zero-order chi connectivity index (χ0) is 7.86. The first-order valence-corrected chi connectivity index (χ1v) is 2.12. The topological polar surface area (TPSA) is 66.8 Å². The molecule has 0 saturated heterocycles. The van der Waals surface area contributed by atoms with Gasteiger partial charge < -0.3 is 4.74 Å². The lowest BCUT2D eigenvalue weighted by atomic mass is 10.4. The predicted octanol–water partition coefficient (Wildman–Crippen LogP) is 0.753. The molecule has 0 amide bonds. The normalized spacial score (nSPS) is 6.67. The van der Waals surface area contributed by atoms with Crippen LogP contribution in [0.2, 0.25) is 0 Å². The van der Waals surface area contributed by atoms with Crippen LogP contribution in [0.3, 0.4) is 0 Å². The standard InChI is InChI=1S/C5H8O2.H2O2/c1-4(2)5(6)7-3;1-2/h1H2,2-3H3;1-2H. The number of carbonyl (C=O) groups excluding carboxylic acids is 1. The Labute approximate surface area is 53.3 Å². The molecule has 4 nitrogen and oxygen atoms in total. The lowest BCUT2D eigenvalue weighted by molar-refractivity contribution is -0.176. The molecular formula is C5H10O4. The average Bonchev–Trinajstić information content (AvgIpc) is 1.91. The summed E-state index contributed by atoms with van der Waals surface area (Å²) >= 11 is 0. The van der Waals surface area contributed by atoms with Crippen LogP contribution in [0.4, 0.5) is 0 Å². The van der Waals surface area contributed by atoms with Crippen molar-refractivity contribution < 1.29 is 20.0 Å². The quantitative estimate of drug-likeness (QED) is 0.240. The summed E-state index contributed by atoms with van der Waals surface area (Å²) in [7, 11) is 1.33. The Morgan fingerprint density at radius 2 is 1.89 bits per heavy atom. The van der Waals surface area contributed by atoms with Gasteiger partial charge in [0.15, 0.2) is 0 Å². The minimum Gasteiger partial charge on any atom is -0.466 e. The summed E-state index contributed by atoms with van der Waals surface area (Å²) in [5, 5.41) is 12.0. The van der Waals surface area contributed by atoms with E-state index in [1.165, 1.54) is 7.11 Å². The molecule has 0 atom stereocenters. The van der Waals surface area contributed by atoms with Gasteiger partial charge in [-0.1, -0.05) is 6.58 Å². The number of esters is 1. The zero-order valence-electron chi connectivity index (χ0n) is 5.42. The van der Waals surface area contributed by atoms with Crippen molar-refractivity contribution in [3.63, 3.8) is 0 Å². The number of rotatable bonds is 1. The second-order valence-corrected chi connectivity index (χ2v) is 1.27. The largest absolute Gasteiger partial charge is 0.466 e. The van der Waals surface area contributed by atoms with Crippen LogP contribution in [0.5, 0.6) is 0 Å². The molecule has 0 unspecified atom stereocenters. The van der Waals surface area contributed by atoms with Gasteiger partial charge >= 0.3 is 5.97 Å². The van der Waals surface area contributed by atoms with Crippen molar-refractivity contribution >= 4 is 5.97 Å². The summed E-state index contributed by atoms with van der Waals surface area (Å²) in [5.41, 5.74) is 0.433. The predicted molar refractivity (Wildman–Crippen MR) is 32.1 cm³/mol. The molecule has 0 spiro atoms. The van der Waals surface area contributed by atoms with E-state index in [0.717, 1.165) is 0 Å². The van der Waals surface area contributed by atoms with E-state index in [1.807, 2.05) is 0 Å². The summed E-state index contributed by atoms with van der Waals surface area (Å²) in [4.78, 5) is 10.2. The van der Waals surface area contributed by atoms with Crippen LogP contribution in [0.1, 0.15) is 6.92 Å². The highest BCUT2D eigenvalue weighted by Gasteiger charge is 1.95. The Bertz CT molecular complexity index is 97.1. The van der Waals surface area contributed by atoms with Crippen LogP contribution in [-0.4, -0.2) is 23.6 Å². The third kappa shape index (κ3) is 7.13. The van der Waals surface area contributed by atoms with E-state index in [4.69, 9.17) is 10.5 Å². The van der Waals surface area contributed by atoms with Gasteiger partial charge in [-0.3, -0.25) is 10.5 Å². The van der Waals surface area contributed by atoms with E-state index < -0.39 is 0 Å². The zero-order valence-corrected chi connectivity index (χ0v) is 5.42. The number of hydrogen-bond acceptors (Lipinski definition) is 4. The second-order valence-electron chi connectivity index (χ2n) is 1.27. The van der Waals surface area contributed by atoms with Crippen LogP contribution in [0, 0.1) is 0 Å². The Hall–Kier alpha value is -0.870. The van der Waals surface area contributed by atoms with Gasteiger partial charge in [0.05, 0.1) is 7.11 Å². The fourth-order valence-corrected chi connectivity index (χ4v) is 0.174. The molecule has 9 heavy (non-hydrogen) atoms. The molecule has 2 N–H and O–H groups in total. The second kappa shape index (κ2) is 7.13. The Morgan fingerprint density at radius 1 is 1.56 bits per heavy atom. The lowest BCUT2D eigenvalue weighted by Gasteiger charge is -1.91. The van der Waals surface area contributed by atoms with Gasteiger partial charge in [0, 0.05) is 5.57 Å². The van der Waals surface area contributed by atoms with E-state index in [2.05, 4.69) is 11.3 Å². The summed E-state index contributed by atoms with van der Waals surface area (Å²) < 4.78 is 4.27. The van der Waals surface area contributed by atoms with Crippen molar-refractivity contribution in [3.05, 3.63) is 12.2 Å².